The average molecular weight is 290 g/mol. The smallest absolute Gasteiger partial charge is 0.302 e. The summed E-state index contributed by atoms with van der Waals surface area (Å²) in [5.74, 6) is -0.564. The molecule has 16 heavy (non-hydrogen) atoms. The summed E-state index contributed by atoms with van der Waals surface area (Å²) in [5, 5.41) is 0. The van der Waals surface area contributed by atoms with Crippen LogP contribution >= 0.6 is 34.8 Å². The van der Waals surface area contributed by atoms with Crippen molar-refractivity contribution < 1.29 is 9.53 Å². The molecule has 2 nitrogen and oxygen atoms in total. The second-order valence-corrected chi connectivity index (χ2v) is 6.26. The summed E-state index contributed by atoms with van der Waals surface area (Å²) in [7, 11) is 0. The number of alkyl halides is 3. The van der Waals surface area contributed by atoms with Crippen LogP contribution in [0.3, 0.4) is 0 Å². The molecule has 96 valence electrons. The van der Waals surface area contributed by atoms with Crippen LogP contribution in [0.4, 0.5) is 0 Å². The predicted octanol–water partition coefficient (Wildman–Crippen LogP) is 4.51. The maximum atomic E-state index is 10.7. The lowest BCUT2D eigenvalue weighted by atomic mass is 10.0. The van der Waals surface area contributed by atoms with Crippen LogP contribution in [-0.2, 0) is 9.53 Å². The normalized spacial score (nSPS) is 13.6. The fraction of sp³-hybridized carbons (Fsp3) is 0.909. The summed E-state index contributed by atoms with van der Waals surface area (Å²) in [5.41, 5.74) is 0. The number of rotatable bonds is 7. The molecule has 0 aliphatic heterocycles. The number of hydrogen-bond acceptors (Lipinski definition) is 2. The Hall–Kier alpha value is 0.340. The van der Waals surface area contributed by atoms with Crippen molar-refractivity contribution in [2.75, 3.05) is 6.61 Å². The molecule has 0 saturated carbocycles. The fourth-order valence-electron chi connectivity index (χ4n) is 1.38. The Kier molecular flexibility index (Phi) is 8.61. The molecule has 0 fully saturated rings. The molecular weight excluding hydrogens is 270 g/mol. The summed E-state index contributed by atoms with van der Waals surface area (Å²) in [6.45, 7) is 3.68. The lowest BCUT2D eigenvalue weighted by Gasteiger charge is -2.23. The molecule has 0 N–H and O–H groups in total. The van der Waals surface area contributed by atoms with Gasteiger partial charge in [0.05, 0.1) is 6.61 Å². The van der Waals surface area contributed by atoms with Crippen molar-refractivity contribution in [1.82, 2.24) is 0 Å². The Bertz CT molecular complexity index is 202. The van der Waals surface area contributed by atoms with E-state index in [1.165, 1.54) is 19.8 Å². The number of hydrogen-bond donors (Lipinski definition) is 0. The first-order valence-corrected chi connectivity index (χ1v) is 6.71. The van der Waals surface area contributed by atoms with Gasteiger partial charge in [0.2, 0.25) is 0 Å². The van der Waals surface area contributed by atoms with Crippen LogP contribution in [-0.4, -0.2) is 16.4 Å². The SMILES string of the molecule is CCCCCCC(COC(C)=O)C(Cl)(Cl)Cl. The van der Waals surface area contributed by atoms with E-state index < -0.39 is 3.79 Å². The first-order chi connectivity index (χ1) is 7.38. The van der Waals surface area contributed by atoms with Crippen molar-refractivity contribution in [2.45, 2.75) is 49.7 Å². The van der Waals surface area contributed by atoms with Gasteiger partial charge in [-0.1, -0.05) is 67.4 Å². The highest BCUT2D eigenvalue weighted by atomic mass is 35.6. The van der Waals surface area contributed by atoms with E-state index in [1.54, 1.807) is 0 Å². The van der Waals surface area contributed by atoms with Gasteiger partial charge in [-0.2, -0.15) is 0 Å². The molecule has 5 heteroatoms. The maximum Gasteiger partial charge on any atom is 0.302 e. The highest BCUT2D eigenvalue weighted by Gasteiger charge is 2.32. The van der Waals surface area contributed by atoms with E-state index in [0.29, 0.717) is 0 Å². The Morgan fingerprint density at radius 2 is 1.88 bits per heavy atom. The molecule has 0 bridgehead atoms. The standard InChI is InChI=1S/C11H19Cl3O2/c1-3-4-5-6-7-10(11(12,13)14)8-16-9(2)15/h10H,3-8H2,1-2H3. The van der Waals surface area contributed by atoms with Crippen molar-refractivity contribution in [2.24, 2.45) is 5.92 Å². The largest absolute Gasteiger partial charge is 0.465 e. The highest BCUT2D eigenvalue weighted by molar-refractivity contribution is 6.67. The zero-order valence-electron chi connectivity index (χ0n) is 9.77. The van der Waals surface area contributed by atoms with Gasteiger partial charge in [0.15, 0.2) is 3.79 Å². The molecular formula is C11H19Cl3O2. The molecule has 0 saturated heterocycles. The number of carbonyl (C=O) groups is 1. The van der Waals surface area contributed by atoms with Gasteiger partial charge in [0, 0.05) is 12.8 Å². The molecule has 0 aromatic heterocycles. The third-order valence-corrected chi connectivity index (χ3v) is 3.28. The van der Waals surface area contributed by atoms with Gasteiger partial charge < -0.3 is 4.74 Å². The first-order valence-electron chi connectivity index (χ1n) is 5.58. The van der Waals surface area contributed by atoms with Crippen LogP contribution in [0.25, 0.3) is 0 Å². The predicted molar refractivity (Wildman–Crippen MR) is 69.2 cm³/mol. The quantitative estimate of drug-likeness (QED) is 0.392. The van der Waals surface area contributed by atoms with Gasteiger partial charge in [-0.3, -0.25) is 4.79 Å². The Labute approximate surface area is 113 Å². The van der Waals surface area contributed by atoms with Crippen molar-refractivity contribution in [3.8, 4) is 0 Å². The molecule has 0 aliphatic rings. The number of halogens is 3. The summed E-state index contributed by atoms with van der Waals surface area (Å²) < 4.78 is 3.54. The minimum atomic E-state index is -1.36. The zero-order chi connectivity index (χ0) is 12.6. The minimum absolute atomic E-state index is 0.179. The summed E-state index contributed by atoms with van der Waals surface area (Å²) >= 11 is 17.5. The molecule has 0 radical (unpaired) electrons. The Morgan fingerprint density at radius 1 is 1.25 bits per heavy atom. The average Bonchev–Trinajstić information content (AvgIpc) is 2.14. The lowest BCUT2D eigenvalue weighted by Crippen LogP contribution is -2.25. The molecule has 0 aliphatic carbocycles. The number of esters is 1. The minimum Gasteiger partial charge on any atom is -0.465 e. The van der Waals surface area contributed by atoms with Gasteiger partial charge in [-0.15, -0.1) is 0 Å². The number of ether oxygens (including phenoxy) is 1. The van der Waals surface area contributed by atoms with E-state index in [-0.39, 0.29) is 18.5 Å². The molecule has 1 atom stereocenters. The van der Waals surface area contributed by atoms with Crippen LogP contribution in [0.15, 0.2) is 0 Å². The molecule has 0 rings (SSSR count). The second-order valence-electron chi connectivity index (χ2n) is 3.89. The molecule has 1 unspecified atom stereocenters. The van der Waals surface area contributed by atoms with Gasteiger partial charge in [0.25, 0.3) is 0 Å². The third kappa shape index (κ3) is 8.49. The van der Waals surface area contributed by atoms with Crippen LogP contribution in [0, 0.1) is 5.92 Å². The van der Waals surface area contributed by atoms with Crippen LogP contribution in [0.5, 0.6) is 0 Å². The zero-order valence-corrected chi connectivity index (χ0v) is 12.0. The van der Waals surface area contributed by atoms with Crippen molar-refractivity contribution >= 4 is 40.8 Å². The van der Waals surface area contributed by atoms with E-state index in [4.69, 9.17) is 39.5 Å². The van der Waals surface area contributed by atoms with Crippen molar-refractivity contribution in [3.63, 3.8) is 0 Å². The van der Waals surface area contributed by atoms with Crippen LogP contribution < -0.4 is 0 Å². The van der Waals surface area contributed by atoms with Gasteiger partial charge in [-0.25, -0.2) is 0 Å². The first kappa shape index (κ1) is 16.3. The molecule has 0 amide bonds. The fourth-order valence-corrected chi connectivity index (χ4v) is 1.89. The number of unbranched alkanes of at least 4 members (excludes halogenated alkanes) is 3. The number of carbonyl (C=O) groups excluding carboxylic acids is 1. The Morgan fingerprint density at radius 3 is 2.31 bits per heavy atom. The van der Waals surface area contributed by atoms with Crippen molar-refractivity contribution in [1.29, 1.82) is 0 Å². The summed E-state index contributed by atoms with van der Waals surface area (Å²) in [4.78, 5) is 10.7. The molecule has 0 heterocycles. The van der Waals surface area contributed by atoms with Gasteiger partial charge in [-0.05, 0) is 6.42 Å². The van der Waals surface area contributed by atoms with E-state index >= 15 is 0 Å². The third-order valence-electron chi connectivity index (χ3n) is 2.36. The molecule has 0 aromatic carbocycles. The summed E-state index contributed by atoms with van der Waals surface area (Å²) in [6, 6.07) is 0. The Balaban J connectivity index is 3.97. The van der Waals surface area contributed by atoms with Crippen LogP contribution in [0.2, 0.25) is 0 Å². The van der Waals surface area contributed by atoms with E-state index in [0.717, 1.165) is 19.3 Å². The van der Waals surface area contributed by atoms with E-state index in [2.05, 4.69) is 6.92 Å². The van der Waals surface area contributed by atoms with E-state index in [9.17, 15) is 4.79 Å². The van der Waals surface area contributed by atoms with Crippen molar-refractivity contribution in [3.05, 3.63) is 0 Å². The maximum absolute atomic E-state index is 10.7. The lowest BCUT2D eigenvalue weighted by molar-refractivity contribution is -0.142. The molecule has 0 aromatic rings. The second kappa shape index (κ2) is 8.43. The molecule has 0 spiro atoms. The van der Waals surface area contributed by atoms with Gasteiger partial charge in [0.1, 0.15) is 0 Å². The highest BCUT2D eigenvalue weighted by Crippen LogP contribution is 2.38. The van der Waals surface area contributed by atoms with E-state index in [1.807, 2.05) is 0 Å². The summed E-state index contributed by atoms with van der Waals surface area (Å²) in [6.07, 6.45) is 5.23. The van der Waals surface area contributed by atoms with Crippen LogP contribution in [0.1, 0.15) is 46.0 Å². The monoisotopic (exact) mass is 288 g/mol. The topological polar surface area (TPSA) is 26.3 Å². The van der Waals surface area contributed by atoms with Gasteiger partial charge >= 0.3 is 5.97 Å².